The summed E-state index contributed by atoms with van der Waals surface area (Å²) in [5.74, 6) is -0.141. The molecule has 25 heavy (non-hydrogen) atoms. The Morgan fingerprint density at radius 3 is 2.44 bits per heavy atom. The maximum Gasteiger partial charge on any atom is 0.227 e. The standard InChI is InChI=1S/C21H25FN2O/c1-17-16-24(21(25)15-19-7-9-20(22)10-8-19)14-13-23(17)12-11-18-5-3-2-4-6-18/h2-10,17H,11-16H2,1H3. The van der Waals surface area contributed by atoms with Crippen LogP contribution in [0.4, 0.5) is 4.39 Å². The van der Waals surface area contributed by atoms with Gasteiger partial charge in [-0.3, -0.25) is 9.69 Å². The Bertz CT molecular complexity index is 687. The molecule has 3 rings (SSSR count). The smallest absolute Gasteiger partial charge is 0.227 e. The van der Waals surface area contributed by atoms with Crippen molar-refractivity contribution in [2.45, 2.75) is 25.8 Å². The molecule has 4 heteroatoms. The van der Waals surface area contributed by atoms with Gasteiger partial charge in [-0.1, -0.05) is 42.5 Å². The lowest BCUT2D eigenvalue weighted by Crippen LogP contribution is -2.54. The van der Waals surface area contributed by atoms with Crippen LogP contribution in [0.1, 0.15) is 18.1 Å². The highest BCUT2D eigenvalue weighted by Gasteiger charge is 2.26. The lowest BCUT2D eigenvalue weighted by Gasteiger charge is -2.40. The van der Waals surface area contributed by atoms with E-state index in [1.807, 2.05) is 11.0 Å². The van der Waals surface area contributed by atoms with Gasteiger partial charge in [0.1, 0.15) is 5.82 Å². The van der Waals surface area contributed by atoms with Crippen molar-refractivity contribution in [1.29, 1.82) is 0 Å². The molecule has 1 atom stereocenters. The van der Waals surface area contributed by atoms with Gasteiger partial charge in [0.15, 0.2) is 0 Å². The second-order valence-electron chi connectivity index (χ2n) is 6.76. The van der Waals surface area contributed by atoms with Crippen LogP contribution in [0.15, 0.2) is 54.6 Å². The summed E-state index contributed by atoms with van der Waals surface area (Å²) < 4.78 is 13.0. The highest BCUT2D eigenvalue weighted by molar-refractivity contribution is 5.78. The Morgan fingerprint density at radius 1 is 1.04 bits per heavy atom. The number of rotatable bonds is 5. The molecule has 0 bridgehead atoms. The van der Waals surface area contributed by atoms with Gasteiger partial charge in [0.2, 0.25) is 5.91 Å². The van der Waals surface area contributed by atoms with E-state index in [9.17, 15) is 9.18 Å². The number of hydrogen-bond donors (Lipinski definition) is 0. The van der Waals surface area contributed by atoms with Gasteiger partial charge >= 0.3 is 0 Å². The molecule has 1 aliphatic heterocycles. The first-order chi connectivity index (χ1) is 12.1. The Hall–Kier alpha value is -2.20. The minimum atomic E-state index is -0.267. The molecule has 2 aromatic rings. The van der Waals surface area contributed by atoms with Crippen molar-refractivity contribution in [3.63, 3.8) is 0 Å². The van der Waals surface area contributed by atoms with Crippen molar-refractivity contribution in [2.75, 3.05) is 26.2 Å². The molecular formula is C21H25FN2O. The first-order valence-electron chi connectivity index (χ1n) is 8.92. The number of amides is 1. The zero-order valence-corrected chi connectivity index (χ0v) is 14.7. The zero-order valence-electron chi connectivity index (χ0n) is 14.7. The van der Waals surface area contributed by atoms with Gasteiger partial charge in [0.25, 0.3) is 0 Å². The van der Waals surface area contributed by atoms with Crippen LogP contribution in [0, 0.1) is 5.82 Å². The number of carbonyl (C=O) groups is 1. The number of halogens is 1. The van der Waals surface area contributed by atoms with E-state index < -0.39 is 0 Å². The molecule has 0 N–H and O–H groups in total. The summed E-state index contributed by atoms with van der Waals surface area (Å²) in [6.45, 7) is 5.63. The molecule has 1 fully saturated rings. The van der Waals surface area contributed by atoms with Crippen LogP contribution in [-0.4, -0.2) is 47.9 Å². The quantitative estimate of drug-likeness (QED) is 0.835. The second-order valence-corrected chi connectivity index (χ2v) is 6.76. The molecule has 0 spiro atoms. The summed E-state index contributed by atoms with van der Waals surface area (Å²) in [5.41, 5.74) is 2.22. The highest BCUT2D eigenvalue weighted by Crippen LogP contribution is 2.13. The van der Waals surface area contributed by atoms with E-state index in [2.05, 4.69) is 36.1 Å². The van der Waals surface area contributed by atoms with E-state index in [4.69, 9.17) is 0 Å². The molecule has 0 aliphatic carbocycles. The van der Waals surface area contributed by atoms with Crippen molar-refractivity contribution in [3.05, 3.63) is 71.5 Å². The molecule has 2 aromatic carbocycles. The zero-order chi connectivity index (χ0) is 17.6. The largest absolute Gasteiger partial charge is 0.340 e. The Kier molecular flexibility index (Phi) is 5.82. The summed E-state index contributed by atoms with van der Waals surface area (Å²) in [6, 6.07) is 17.1. The summed E-state index contributed by atoms with van der Waals surface area (Å²) in [6.07, 6.45) is 1.38. The summed E-state index contributed by atoms with van der Waals surface area (Å²) in [5, 5.41) is 0. The third-order valence-corrected chi connectivity index (χ3v) is 4.92. The van der Waals surface area contributed by atoms with Crippen LogP contribution in [0.3, 0.4) is 0 Å². The van der Waals surface area contributed by atoms with Gasteiger partial charge in [0.05, 0.1) is 6.42 Å². The predicted molar refractivity (Wildman–Crippen MR) is 97.9 cm³/mol. The molecule has 1 saturated heterocycles. The Morgan fingerprint density at radius 2 is 1.76 bits per heavy atom. The van der Waals surface area contributed by atoms with E-state index in [0.29, 0.717) is 12.5 Å². The van der Waals surface area contributed by atoms with E-state index in [0.717, 1.165) is 38.2 Å². The Balaban J connectivity index is 1.49. The van der Waals surface area contributed by atoms with Gasteiger partial charge in [-0.05, 0) is 36.6 Å². The van der Waals surface area contributed by atoms with Crippen molar-refractivity contribution in [2.24, 2.45) is 0 Å². The topological polar surface area (TPSA) is 23.6 Å². The molecule has 1 heterocycles. The molecule has 1 aliphatic rings. The molecule has 1 amide bonds. The normalized spacial score (nSPS) is 18.3. The Labute approximate surface area is 149 Å². The first kappa shape index (κ1) is 17.6. The van der Waals surface area contributed by atoms with Crippen LogP contribution in [0.5, 0.6) is 0 Å². The van der Waals surface area contributed by atoms with Gasteiger partial charge in [-0.15, -0.1) is 0 Å². The average molecular weight is 340 g/mol. The molecule has 0 radical (unpaired) electrons. The molecule has 0 saturated carbocycles. The predicted octanol–water partition coefficient (Wildman–Crippen LogP) is 3.14. The minimum absolute atomic E-state index is 0.126. The van der Waals surface area contributed by atoms with E-state index in [-0.39, 0.29) is 11.7 Å². The maximum absolute atomic E-state index is 13.0. The number of nitrogens with zero attached hydrogens (tertiary/aromatic N) is 2. The first-order valence-corrected chi connectivity index (χ1v) is 8.92. The molecule has 3 nitrogen and oxygen atoms in total. The van der Waals surface area contributed by atoms with Crippen LogP contribution in [-0.2, 0) is 17.6 Å². The molecule has 1 unspecified atom stereocenters. The number of hydrogen-bond acceptors (Lipinski definition) is 2. The van der Waals surface area contributed by atoms with Crippen LogP contribution >= 0.6 is 0 Å². The van der Waals surface area contributed by atoms with Crippen LogP contribution < -0.4 is 0 Å². The van der Waals surface area contributed by atoms with Gasteiger partial charge < -0.3 is 4.90 Å². The lowest BCUT2D eigenvalue weighted by molar-refractivity contribution is -0.133. The van der Waals surface area contributed by atoms with E-state index in [1.165, 1.54) is 17.7 Å². The monoisotopic (exact) mass is 340 g/mol. The third kappa shape index (κ3) is 4.89. The van der Waals surface area contributed by atoms with Gasteiger partial charge in [-0.25, -0.2) is 4.39 Å². The van der Waals surface area contributed by atoms with Gasteiger partial charge in [0, 0.05) is 32.2 Å². The highest BCUT2D eigenvalue weighted by atomic mass is 19.1. The number of benzene rings is 2. The summed E-state index contributed by atoms with van der Waals surface area (Å²) >= 11 is 0. The molecule has 132 valence electrons. The van der Waals surface area contributed by atoms with Crippen molar-refractivity contribution < 1.29 is 9.18 Å². The summed E-state index contributed by atoms with van der Waals surface area (Å²) in [4.78, 5) is 16.9. The molecule has 0 aromatic heterocycles. The van der Waals surface area contributed by atoms with Crippen molar-refractivity contribution in [3.8, 4) is 0 Å². The van der Waals surface area contributed by atoms with Crippen molar-refractivity contribution in [1.82, 2.24) is 9.80 Å². The fourth-order valence-electron chi connectivity index (χ4n) is 3.36. The van der Waals surface area contributed by atoms with Crippen LogP contribution in [0.2, 0.25) is 0 Å². The van der Waals surface area contributed by atoms with Crippen molar-refractivity contribution >= 4 is 5.91 Å². The fourth-order valence-corrected chi connectivity index (χ4v) is 3.36. The average Bonchev–Trinajstić information content (AvgIpc) is 2.63. The second kappa shape index (κ2) is 8.26. The lowest BCUT2D eigenvalue weighted by atomic mass is 10.1. The number of carbonyl (C=O) groups excluding carboxylic acids is 1. The summed E-state index contributed by atoms with van der Waals surface area (Å²) in [7, 11) is 0. The van der Waals surface area contributed by atoms with E-state index >= 15 is 0 Å². The minimum Gasteiger partial charge on any atom is -0.340 e. The SMILES string of the molecule is CC1CN(C(=O)Cc2ccc(F)cc2)CCN1CCc1ccccc1. The fraction of sp³-hybridized carbons (Fsp3) is 0.381. The van der Waals surface area contributed by atoms with Gasteiger partial charge in [-0.2, -0.15) is 0 Å². The maximum atomic E-state index is 13.0. The molecular weight excluding hydrogens is 315 g/mol. The van der Waals surface area contributed by atoms with Crippen LogP contribution in [0.25, 0.3) is 0 Å². The van der Waals surface area contributed by atoms with E-state index in [1.54, 1.807) is 12.1 Å². The third-order valence-electron chi connectivity index (χ3n) is 4.92. The number of piperazine rings is 1.